The predicted molar refractivity (Wildman–Crippen MR) is 112 cm³/mol. The number of anilines is 2. The van der Waals surface area contributed by atoms with Gasteiger partial charge >= 0.3 is 6.03 Å². The molecule has 5 rings (SSSR count). The van der Waals surface area contributed by atoms with Gasteiger partial charge in [0.25, 0.3) is 0 Å². The lowest BCUT2D eigenvalue weighted by Crippen LogP contribution is -2.54. The van der Waals surface area contributed by atoms with Crippen LogP contribution in [0.1, 0.15) is 37.7 Å². The van der Waals surface area contributed by atoms with Crippen LogP contribution in [0.15, 0.2) is 42.5 Å². The minimum Gasteiger partial charge on any atom is -0.462 e. The number of hydrogen-bond acceptors (Lipinski definition) is 4. The van der Waals surface area contributed by atoms with Crippen LogP contribution in [0.2, 0.25) is 0 Å². The summed E-state index contributed by atoms with van der Waals surface area (Å²) in [6.07, 6.45) is 5.74. The summed E-state index contributed by atoms with van der Waals surface area (Å²) >= 11 is 0. The van der Waals surface area contributed by atoms with E-state index >= 15 is 0 Å². The molecule has 2 amide bonds. The molecule has 30 heavy (non-hydrogen) atoms. The lowest BCUT2D eigenvalue weighted by Gasteiger charge is -2.47. The second-order valence-electron chi connectivity index (χ2n) is 8.33. The topological polar surface area (TPSA) is 62.8 Å². The van der Waals surface area contributed by atoms with Gasteiger partial charge in [0.2, 0.25) is 5.79 Å². The molecule has 2 fully saturated rings. The molecule has 1 saturated heterocycles. The maximum atomic E-state index is 13.3. The molecule has 0 aromatic heterocycles. The highest BCUT2D eigenvalue weighted by molar-refractivity contribution is 5.99. The Morgan fingerprint density at radius 1 is 1.07 bits per heavy atom. The third-order valence-corrected chi connectivity index (χ3v) is 6.34. The Balaban J connectivity index is 1.20. The van der Waals surface area contributed by atoms with E-state index in [0.717, 1.165) is 43.3 Å². The summed E-state index contributed by atoms with van der Waals surface area (Å²) in [5, 5.41) is 5.40. The van der Waals surface area contributed by atoms with Crippen molar-refractivity contribution < 1.29 is 18.7 Å². The fraction of sp³-hybridized carbons (Fsp3) is 0.435. The second-order valence-corrected chi connectivity index (χ2v) is 8.33. The maximum absolute atomic E-state index is 13.3. The quantitative estimate of drug-likeness (QED) is 0.767. The number of piperidine rings is 1. The van der Waals surface area contributed by atoms with E-state index in [-0.39, 0.29) is 0 Å². The number of amides is 2. The van der Waals surface area contributed by atoms with Crippen molar-refractivity contribution >= 4 is 17.4 Å². The van der Waals surface area contributed by atoms with Gasteiger partial charge in [-0.25, -0.2) is 9.18 Å². The Morgan fingerprint density at radius 3 is 2.53 bits per heavy atom. The highest BCUT2D eigenvalue weighted by atomic mass is 19.1. The minimum absolute atomic E-state index is 0.396. The zero-order valence-electron chi connectivity index (χ0n) is 16.8. The first kappa shape index (κ1) is 19.3. The number of nitrogens with one attached hydrogen (secondary N) is 2. The Bertz CT molecular complexity index is 939. The molecule has 2 aliphatic heterocycles. The molecule has 1 aliphatic carbocycles. The molecular formula is C23H26FN3O3. The van der Waals surface area contributed by atoms with Crippen LogP contribution in [0, 0.1) is 5.82 Å². The zero-order chi connectivity index (χ0) is 20.6. The summed E-state index contributed by atoms with van der Waals surface area (Å²) < 4.78 is 25.7. The number of rotatable bonds is 3. The molecule has 0 radical (unpaired) electrons. The van der Waals surface area contributed by atoms with Gasteiger partial charge in [0.15, 0.2) is 0 Å². The Morgan fingerprint density at radius 2 is 1.83 bits per heavy atom. The van der Waals surface area contributed by atoms with Gasteiger partial charge in [-0.05, 0) is 49.2 Å². The number of ether oxygens (including phenoxy) is 2. The van der Waals surface area contributed by atoms with Gasteiger partial charge in [0.1, 0.15) is 11.6 Å². The van der Waals surface area contributed by atoms with Crippen molar-refractivity contribution in [1.82, 2.24) is 4.90 Å². The average Bonchev–Trinajstić information content (AvgIpc) is 2.69. The second kappa shape index (κ2) is 7.89. The zero-order valence-corrected chi connectivity index (χ0v) is 16.8. The summed E-state index contributed by atoms with van der Waals surface area (Å²) in [6, 6.07) is 11.7. The Hall–Kier alpha value is -2.64. The number of carbonyl (C=O) groups excluding carboxylic acids is 1. The van der Waals surface area contributed by atoms with Gasteiger partial charge in [-0.3, -0.25) is 4.90 Å². The number of nitrogens with zero attached hydrogens (tertiary/aromatic N) is 1. The summed E-state index contributed by atoms with van der Waals surface area (Å²) in [4.78, 5) is 14.8. The number of urea groups is 1. The Kier molecular flexibility index (Phi) is 5.08. The van der Waals surface area contributed by atoms with Crippen LogP contribution in [0.25, 0.3) is 0 Å². The van der Waals surface area contributed by atoms with Crippen molar-refractivity contribution in [2.75, 3.05) is 23.7 Å². The molecule has 1 spiro atoms. The van der Waals surface area contributed by atoms with E-state index in [1.165, 1.54) is 31.4 Å². The van der Waals surface area contributed by atoms with Crippen molar-refractivity contribution in [2.45, 2.75) is 50.5 Å². The van der Waals surface area contributed by atoms with Gasteiger partial charge in [-0.1, -0.05) is 12.5 Å². The van der Waals surface area contributed by atoms with Gasteiger partial charge < -0.3 is 20.1 Å². The molecule has 0 atom stereocenters. The first-order valence-corrected chi connectivity index (χ1v) is 10.6. The Labute approximate surface area is 175 Å². The highest BCUT2D eigenvalue weighted by Crippen LogP contribution is 2.40. The third kappa shape index (κ3) is 4.00. The molecule has 2 aromatic rings. The van der Waals surface area contributed by atoms with Crippen LogP contribution in [-0.4, -0.2) is 35.8 Å². The van der Waals surface area contributed by atoms with E-state index in [9.17, 15) is 9.18 Å². The number of hydrogen-bond donors (Lipinski definition) is 2. The van der Waals surface area contributed by atoms with Crippen molar-refractivity contribution in [3.05, 3.63) is 53.8 Å². The average molecular weight is 411 g/mol. The molecule has 1 saturated carbocycles. The van der Waals surface area contributed by atoms with E-state index in [4.69, 9.17) is 9.47 Å². The molecule has 6 nitrogen and oxygen atoms in total. The summed E-state index contributed by atoms with van der Waals surface area (Å²) in [5.74, 6) is -0.116. The fourth-order valence-corrected chi connectivity index (χ4v) is 4.40. The fourth-order valence-electron chi connectivity index (χ4n) is 4.40. The molecule has 2 aromatic carbocycles. The van der Waals surface area contributed by atoms with Crippen molar-refractivity contribution in [3.63, 3.8) is 0 Å². The van der Waals surface area contributed by atoms with E-state index < -0.39 is 17.6 Å². The monoisotopic (exact) mass is 411 g/mol. The number of benzene rings is 2. The van der Waals surface area contributed by atoms with Crippen molar-refractivity contribution in [2.24, 2.45) is 0 Å². The first-order chi connectivity index (χ1) is 14.6. The van der Waals surface area contributed by atoms with Gasteiger partial charge in [0.05, 0.1) is 6.61 Å². The van der Waals surface area contributed by atoms with E-state index in [1.54, 1.807) is 12.1 Å². The van der Waals surface area contributed by atoms with E-state index in [2.05, 4.69) is 15.5 Å². The summed E-state index contributed by atoms with van der Waals surface area (Å²) in [7, 11) is 0. The van der Waals surface area contributed by atoms with Crippen LogP contribution in [0.3, 0.4) is 0 Å². The van der Waals surface area contributed by atoms with Crippen LogP contribution in [-0.2, 0) is 11.3 Å². The summed E-state index contributed by atoms with van der Waals surface area (Å²) in [6.45, 7) is 2.49. The largest absolute Gasteiger partial charge is 0.462 e. The molecule has 2 N–H and O–H groups in total. The summed E-state index contributed by atoms with van der Waals surface area (Å²) in [5.41, 5.74) is 1.93. The lowest BCUT2D eigenvalue weighted by atomic mass is 9.89. The normalized spacial score (nSPS) is 20.7. The van der Waals surface area contributed by atoms with Crippen LogP contribution in [0.5, 0.6) is 5.75 Å². The van der Waals surface area contributed by atoms with Gasteiger partial charge in [0, 0.05) is 48.9 Å². The SMILES string of the molecule is O=C(Nc1cccc(F)c1)Nc1ccc2c(c1)COC1(CCN(C3CCC3)CC1)O2. The smallest absolute Gasteiger partial charge is 0.323 e. The standard InChI is InChI=1S/C23H26FN3O3/c24-17-3-1-4-18(14-17)25-22(28)26-19-7-8-21-16(13-19)15-29-23(30-21)9-11-27(12-10-23)20-5-2-6-20/h1,3-4,7-8,13-14,20H,2,5-6,9-12,15H2,(H2,25,26,28). The van der Waals surface area contributed by atoms with Crippen LogP contribution < -0.4 is 15.4 Å². The number of carbonyl (C=O) groups is 1. The minimum atomic E-state index is -0.531. The molecule has 3 aliphatic rings. The van der Waals surface area contributed by atoms with Crippen molar-refractivity contribution in [1.29, 1.82) is 0 Å². The van der Waals surface area contributed by atoms with E-state index in [1.807, 2.05) is 18.2 Å². The molecule has 0 bridgehead atoms. The number of fused-ring (bicyclic) bond motifs is 1. The number of halogens is 1. The highest BCUT2D eigenvalue weighted by Gasteiger charge is 2.42. The third-order valence-electron chi connectivity index (χ3n) is 6.34. The molecule has 158 valence electrons. The first-order valence-electron chi connectivity index (χ1n) is 10.6. The van der Waals surface area contributed by atoms with Crippen molar-refractivity contribution in [3.8, 4) is 5.75 Å². The molecule has 0 unspecified atom stereocenters. The van der Waals surface area contributed by atoms with Crippen LogP contribution >= 0.6 is 0 Å². The molecular weight excluding hydrogens is 385 g/mol. The van der Waals surface area contributed by atoms with Gasteiger partial charge in [-0.15, -0.1) is 0 Å². The lowest BCUT2D eigenvalue weighted by molar-refractivity contribution is -0.231. The predicted octanol–water partition coefficient (Wildman–Crippen LogP) is 4.72. The molecule has 2 heterocycles. The number of likely N-dealkylation sites (tertiary alicyclic amines) is 1. The van der Waals surface area contributed by atoms with Gasteiger partial charge in [-0.2, -0.15) is 0 Å². The van der Waals surface area contributed by atoms with E-state index in [0.29, 0.717) is 18.0 Å². The maximum Gasteiger partial charge on any atom is 0.323 e. The molecule has 7 heteroatoms. The van der Waals surface area contributed by atoms with Crippen LogP contribution in [0.4, 0.5) is 20.6 Å².